The summed E-state index contributed by atoms with van der Waals surface area (Å²) in [5.74, 6) is 0.903. The molecule has 3 rings (SSSR count). The van der Waals surface area contributed by atoms with Crippen molar-refractivity contribution in [2.45, 2.75) is 13.1 Å². The summed E-state index contributed by atoms with van der Waals surface area (Å²) in [6.45, 7) is 1.41. The van der Waals surface area contributed by atoms with Gasteiger partial charge in [0.2, 0.25) is 0 Å². The van der Waals surface area contributed by atoms with E-state index >= 15 is 0 Å². The molecular weight excluding hydrogens is 216 g/mol. The lowest BCUT2D eigenvalue weighted by molar-refractivity contribution is 0.648. The number of nitrogens with one attached hydrogen (secondary N) is 2. The summed E-state index contributed by atoms with van der Waals surface area (Å²) in [6.07, 6.45) is 5.43. The smallest absolute Gasteiger partial charge is 0.160 e. The van der Waals surface area contributed by atoms with Crippen LogP contribution in [0.1, 0.15) is 11.5 Å². The van der Waals surface area contributed by atoms with Crippen molar-refractivity contribution in [2.24, 2.45) is 0 Å². The van der Waals surface area contributed by atoms with Gasteiger partial charge in [0.05, 0.1) is 12.9 Å². The van der Waals surface area contributed by atoms with Gasteiger partial charge >= 0.3 is 0 Å². The van der Waals surface area contributed by atoms with Crippen LogP contribution in [-0.4, -0.2) is 24.6 Å². The summed E-state index contributed by atoms with van der Waals surface area (Å²) in [5, 5.41) is 11.5. The van der Waals surface area contributed by atoms with Crippen molar-refractivity contribution in [3.63, 3.8) is 0 Å². The summed E-state index contributed by atoms with van der Waals surface area (Å²) < 4.78 is 1.97. The number of pyridine rings is 1. The molecular formula is C11H12N6. The average molecular weight is 228 g/mol. The molecule has 6 nitrogen and oxygen atoms in total. The van der Waals surface area contributed by atoms with Gasteiger partial charge in [0, 0.05) is 24.6 Å². The fourth-order valence-electron chi connectivity index (χ4n) is 1.70. The number of hydrogen-bond acceptors (Lipinski definition) is 4. The highest BCUT2D eigenvalue weighted by Crippen LogP contribution is 2.02. The highest BCUT2D eigenvalue weighted by molar-refractivity contribution is 5.36. The topological polar surface area (TPSA) is 70.9 Å². The van der Waals surface area contributed by atoms with Crippen LogP contribution in [-0.2, 0) is 13.1 Å². The monoisotopic (exact) mass is 228 g/mol. The van der Waals surface area contributed by atoms with Gasteiger partial charge in [0.1, 0.15) is 0 Å². The van der Waals surface area contributed by atoms with Gasteiger partial charge in [-0.1, -0.05) is 6.07 Å². The van der Waals surface area contributed by atoms with Gasteiger partial charge in [-0.15, -0.1) is 10.2 Å². The van der Waals surface area contributed by atoms with Crippen LogP contribution in [0.15, 0.2) is 36.9 Å². The van der Waals surface area contributed by atoms with Gasteiger partial charge in [0.25, 0.3) is 0 Å². The number of aromatic amines is 1. The van der Waals surface area contributed by atoms with E-state index < -0.39 is 0 Å². The molecule has 0 saturated heterocycles. The second-order valence-electron chi connectivity index (χ2n) is 3.73. The Bertz CT molecular complexity index is 597. The molecule has 0 unspecified atom stereocenters. The van der Waals surface area contributed by atoms with Crippen molar-refractivity contribution >= 4 is 5.65 Å². The van der Waals surface area contributed by atoms with Crippen LogP contribution in [0.2, 0.25) is 0 Å². The highest BCUT2D eigenvalue weighted by atomic mass is 15.3. The number of aromatic nitrogens is 5. The van der Waals surface area contributed by atoms with E-state index in [1.807, 2.05) is 28.8 Å². The number of hydrogen-bond donors (Lipinski definition) is 2. The fourth-order valence-corrected chi connectivity index (χ4v) is 1.70. The van der Waals surface area contributed by atoms with E-state index in [0.717, 1.165) is 23.7 Å². The minimum atomic E-state index is 0.671. The van der Waals surface area contributed by atoms with Crippen LogP contribution in [0.3, 0.4) is 0 Å². The van der Waals surface area contributed by atoms with Crippen LogP contribution in [0.5, 0.6) is 0 Å². The molecule has 0 atom stereocenters. The van der Waals surface area contributed by atoms with Gasteiger partial charge in [-0.2, -0.15) is 0 Å². The summed E-state index contributed by atoms with van der Waals surface area (Å²) in [6, 6.07) is 5.85. The lowest BCUT2D eigenvalue weighted by Gasteiger charge is -2.01. The molecule has 0 fully saturated rings. The number of rotatable bonds is 4. The van der Waals surface area contributed by atoms with Crippen molar-refractivity contribution in [3.05, 3.63) is 48.4 Å². The number of fused-ring (bicyclic) bond motifs is 1. The fraction of sp³-hybridized carbons (Fsp3) is 0.182. The molecule has 0 spiro atoms. The van der Waals surface area contributed by atoms with E-state index in [-0.39, 0.29) is 0 Å². The SMILES string of the molecule is c1ccn2c(CNCc3cnc[nH]3)nnc2c1. The molecule has 0 aromatic carbocycles. The zero-order valence-corrected chi connectivity index (χ0v) is 9.17. The van der Waals surface area contributed by atoms with Gasteiger partial charge in [-0.3, -0.25) is 4.40 Å². The van der Waals surface area contributed by atoms with Crippen LogP contribution >= 0.6 is 0 Å². The predicted molar refractivity (Wildman–Crippen MR) is 62.1 cm³/mol. The number of H-pyrrole nitrogens is 1. The van der Waals surface area contributed by atoms with Gasteiger partial charge in [0.15, 0.2) is 11.5 Å². The maximum absolute atomic E-state index is 4.14. The summed E-state index contributed by atoms with van der Waals surface area (Å²) in [4.78, 5) is 7.00. The molecule has 3 aromatic heterocycles. The molecule has 2 N–H and O–H groups in total. The minimum Gasteiger partial charge on any atom is -0.347 e. The molecule has 86 valence electrons. The van der Waals surface area contributed by atoms with Crippen molar-refractivity contribution in [1.29, 1.82) is 0 Å². The molecule has 0 aliphatic carbocycles. The standard InChI is InChI=1S/C11H12N6/c1-2-4-17-10(3-1)15-16-11(17)7-12-5-9-6-13-8-14-9/h1-4,6,8,12H,5,7H2,(H,13,14). The van der Waals surface area contributed by atoms with E-state index in [4.69, 9.17) is 0 Å². The largest absolute Gasteiger partial charge is 0.347 e. The number of nitrogens with zero attached hydrogens (tertiary/aromatic N) is 4. The molecule has 6 heteroatoms. The second-order valence-corrected chi connectivity index (χ2v) is 3.73. The zero-order valence-electron chi connectivity index (χ0n) is 9.17. The summed E-state index contributed by atoms with van der Waals surface area (Å²) in [5.41, 5.74) is 1.92. The van der Waals surface area contributed by atoms with E-state index in [1.165, 1.54) is 0 Å². The third kappa shape index (κ3) is 2.02. The molecule has 3 heterocycles. The Balaban J connectivity index is 1.69. The first-order valence-corrected chi connectivity index (χ1v) is 5.40. The lowest BCUT2D eigenvalue weighted by Crippen LogP contribution is -2.15. The maximum atomic E-state index is 4.14. The first kappa shape index (κ1) is 9.98. The molecule has 0 aliphatic rings. The Morgan fingerprint density at radius 3 is 3.12 bits per heavy atom. The minimum absolute atomic E-state index is 0.671. The maximum Gasteiger partial charge on any atom is 0.160 e. The van der Waals surface area contributed by atoms with Crippen molar-refractivity contribution < 1.29 is 0 Å². The van der Waals surface area contributed by atoms with E-state index in [1.54, 1.807) is 12.5 Å². The van der Waals surface area contributed by atoms with Gasteiger partial charge in [-0.25, -0.2) is 4.98 Å². The Morgan fingerprint density at radius 1 is 1.24 bits per heavy atom. The van der Waals surface area contributed by atoms with Crippen molar-refractivity contribution in [1.82, 2.24) is 29.9 Å². The molecule has 0 aliphatic heterocycles. The predicted octanol–water partition coefficient (Wildman–Crippen LogP) is 0.742. The molecule has 0 amide bonds. The van der Waals surface area contributed by atoms with Crippen LogP contribution < -0.4 is 5.32 Å². The first-order chi connectivity index (χ1) is 8.43. The van der Waals surface area contributed by atoms with E-state index in [0.29, 0.717) is 6.54 Å². The molecule has 17 heavy (non-hydrogen) atoms. The zero-order chi connectivity index (χ0) is 11.5. The highest BCUT2D eigenvalue weighted by Gasteiger charge is 2.03. The average Bonchev–Trinajstić information content (AvgIpc) is 2.99. The van der Waals surface area contributed by atoms with Gasteiger partial charge < -0.3 is 10.3 Å². The normalized spacial score (nSPS) is 11.1. The van der Waals surface area contributed by atoms with Crippen molar-refractivity contribution in [3.8, 4) is 0 Å². The number of imidazole rings is 1. The Hall–Kier alpha value is -2.21. The van der Waals surface area contributed by atoms with Gasteiger partial charge in [-0.05, 0) is 12.1 Å². The third-order valence-corrected chi connectivity index (χ3v) is 2.54. The molecule has 3 aromatic rings. The second kappa shape index (κ2) is 4.34. The van der Waals surface area contributed by atoms with E-state index in [2.05, 4.69) is 25.5 Å². The molecule has 0 radical (unpaired) electrons. The van der Waals surface area contributed by atoms with Crippen LogP contribution in [0.25, 0.3) is 5.65 Å². The summed E-state index contributed by atoms with van der Waals surface area (Å²) in [7, 11) is 0. The van der Waals surface area contributed by atoms with E-state index in [9.17, 15) is 0 Å². The quantitative estimate of drug-likeness (QED) is 0.691. The molecule has 0 bridgehead atoms. The molecule has 0 saturated carbocycles. The Labute approximate surface area is 97.7 Å². The lowest BCUT2D eigenvalue weighted by atomic mass is 10.4. The summed E-state index contributed by atoms with van der Waals surface area (Å²) >= 11 is 0. The van der Waals surface area contributed by atoms with Crippen LogP contribution in [0, 0.1) is 0 Å². The Kier molecular flexibility index (Phi) is 2.55. The first-order valence-electron chi connectivity index (χ1n) is 5.40. The third-order valence-electron chi connectivity index (χ3n) is 2.54. The van der Waals surface area contributed by atoms with Crippen molar-refractivity contribution in [2.75, 3.05) is 0 Å². The van der Waals surface area contributed by atoms with Crippen LogP contribution in [0.4, 0.5) is 0 Å². The Morgan fingerprint density at radius 2 is 2.24 bits per heavy atom.